The second kappa shape index (κ2) is 9.62. The van der Waals surface area contributed by atoms with E-state index in [1.54, 1.807) is 17.1 Å². The van der Waals surface area contributed by atoms with E-state index in [2.05, 4.69) is 33.5 Å². The lowest BCUT2D eigenvalue weighted by Crippen LogP contribution is -2.20. The summed E-state index contributed by atoms with van der Waals surface area (Å²) in [4.78, 5) is 15.7. The highest BCUT2D eigenvalue weighted by Gasteiger charge is 2.00. The van der Waals surface area contributed by atoms with Gasteiger partial charge in [-0.05, 0) is 34.5 Å². The van der Waals surface area contributed by atoms with Crippen molar-refractivity contribution < 1.29 is 0 Å². The molecule has 0 spiro atoms. The summed E-state index contributed by atoms with van der Waals surface area (Å²) in [5.41, 5.74) is 0.0128. The maximum absolute atomic E-state index is 11.7. The molecule has 0 atom stereocenters. The fourth-order valence-corrected chi connectivity index (χ4v) is 2.43. The van der Waals surface area contributed by atoms with Gasteiger partial charge in [0.2, 0.25) is 0 Å². The summed E-state index contributed by atoms with van der Waals surface area (Å²) in [5, 5.41) is 0. The minimum Gasteiger partial charge on any atom is -0.298 e. The monoisotopic (exact) mass is 332 g/mol. The first-order chi connectivity index (χ1) is 8.75. The van der Waals surface area contributed by atoms with Crippen molar-refractivity contribution in [2.45, 2.75) is 51.5 Å². The molecule has 1 heterocycles. The largest absolute Gasteiger partial charge is 0.298 e. The molecule has 1 aromatic rings. The average molecular weight is 333 g/mol. The second-order valence-corrected chi connectivity index (χ2v) is 5.74. The van der Waals surface area contributed by atoms with Crippen LogP contribution in [0.25, 0.3) is 0 Å². The van der Waals surface area contributed by atoms with Gasteiger partial charge in [0.1, 0.15) is 4.47 Å². The van der Waals surface area contributed by atoms with Crippen LogP contribution in [0.4, 0.5) is 0 Å². The summed E-state index contributed by atoms with van der Waals surface area (Å²) < 4.78 is 2.21. The summed E-state index contributed by atoms with van der Waals surface area (Å²) in [6.07, 6.45) is 11.7. The Bertz CT molecular complexity index is 395. The van der Waals surface area contributed by atoms with Gasteiger partial charge in [-0.25, -0.2) is 4.98 Å². The van der Waals surface area contributed by atoms with Crippen molar-refractivity contribution in [1.29, 1.82) is 0 Å². The van der Waals surface area contributed by atoms with Crippen molar-refractivity contribution in [2.75, 3.05) is 5.75 Å². The normalized spacial score (nSPS) is 10.8. The molecule has 0 fully saturated rings. The van der Waals surface area contributed by atoms with E-state index in [4.69, 9.17) is 0 Å². The summed E-state index contributed by atoms with van der Waals surface area (Å²) in [7, 11) is 0. The van der Waals surface area contributed by atoms with E-state index in [-0.39, 0.29) is 5.56 Å². The highest BCUT2D eigenvalue weighted by atomic mass is 79.9. The van der Waals surface area contributed by atoms with Crippen molar-refractivity contribution in [3.05, 3.63) is 27.4 Å². The molecule has 0 saturated carbocycles. The number of unbranched alkanes of at least 4 members (excludes halogenated alkanes) is 6. The smallest absolute Gasteiger partial charge is 0.267 e. The molecule has 0 radical (unpaired) electrons. The zero-order valence-electron chi connectivity index (χ0n) is 10.6. The third-order valence-corrected chi connectivity index (χ3v) is 3.78. The molecule has 0 aliphatic carbocycles. The highest BCUT2D eigenvalue weighted by Crippen LogP contribution is 2.08. The molecular formula is C13H21BrN2OS. The summed E-state index contributed by atoms with van der Waals surface area (Å²) in [5.74, 6) is 0.999. The molecule has 18 heavy (non-hydrogen) atoms. The quantitative estimate of drug-likeness (QED) is 0.553. The van der Waals surface area contributed by atoms with Gasteiger partial charge in [0, 0.05) is 12.7 Å². The number of thiol groups is 1. The number of hydrogen-bond donors (Lipinski definition) is 1. The van der Waals surface area contributed by atoms with Crippen LogP contribution < -0.4 is 5.56 Å². The summed E-state index contributed by atoms with van der Waals surface area (Å²) in [6.45, 7) is 0.766. The second-order valence-electron chi connectivity index (χ2n) is 4.44. The number of aryl methyl sites for hydroxylation is 1. The zero-order chi connectivity index (χ0) is 13.2. The van der Waals surface area contributed by atoms with Crippen LogP contribution in [0.5, 0.6) is 0 Å². The van der Waals surface area contributed by atoms with Crippen LogP contribution >= 0.6 is 28.6 Å². The molecule has 102 valence electrons. The van der Waals surface area contributed by atoms with Gasteiger partial charge in [0.05, 0.1) is 6.33 Å². The van der Waals surface area contributed by atoms with Crippen molar-refractivity contribution in [1.82, 2.24) is 9.55 Å². The van der Waals surface area contributed by atoms with Gasteiger partial charge >= 0.3 is 0 Å². The molecule has 0 bridgehead atoms. The van der Waals surface area contributed by atoms with Gasteiger partial charge < -0.3 is 0 Å². The van der Waals surface area contributed by atoms with Crippen LogP contribution in [-0.2, 0) is 6.54 Å². The SMILES string of the molecule is O=c1c(Br)cncn1CCCCCCCCCS. The number of nitrogens with zero attached hydrogens (tertiary/aromatic N) is 2. The fraction of sp³-hybridized carbons (Fsp3) is 0.692. The number of aromatic nitrogens is 2. The Morgan fingerprint density at radius 1 is 1.11 bits per heavy atom. The lowest BCUT2D eigenvalue weighted by atomic mass is 10.1. The standard InChI is InChI=1S/C13H21BrN2OS/c14-12-10-15-11-16(13(12)17)8-6-4-2-1-3-5-7-9-18/h10-11,18H,1-9H2. The highest BCUT2D eigenvalue weighted by molar-refractivity contribution is 9.10. The van der Waals surface area contributed by atoms with E-state index < -0.39 is 0 Å². The third kappa shape index (κ3) is 6.05. The van der Waals surface area contributed by atoms with Gasteiger partial charge in [-0.3, -0.25) is 9.36 Å². The van der Waals surface area contributed by atoms with Crippen LogP contribution in [0.2, 0.25) is 0 Å². The Morgan fingerprint density at radius 3 is 2.39 bits per heavy atom. The molecule has 5 heteroatoms. The van der Waals surface area contributed by atoms with Gasteiger partial charge in [-0.2, -0.15) is 12.6 Å². The van der Waals surface area contributed by atoms with E-state index >= 15 is 0 Å². The van der Waals surface area contributed by atoms with E-state index in [9.17, 15) is 4.79 Å². The topological polar surface area (TPSA) is 34.9 Å². The van der Waals surface area contributed by atoms with Gasteiger partial charge in [0.15, 0.2) is 0 Å². The number of hydrogen-bond acceptors (Lipinski definition) is 3. The summed E-state index contributed by atoms with van der Waals surface area (Å²) >= 11 is 7.40. The molecular weight excluding hydrogens is 312 g/mol. The van der Waals surface area contributed by atoms with Crippen LogP contribution in [-0.4, -0.2) is 15.3 Å². The summed E-state index contributed by atoms with van der Waals surface area (Å²) in [6, 6.07) is 0. The molecule has 0 saturated heterocycles. The maximum Gasteiger partial charge on any atom is 0.267 e. The van der Waals surface area contributed by atoms with Gasteiger partial charge in [-0.15, -0.1) is 0 Å². The number of halogens is 1. The van der Waals surface area contributed by atoms with Gasteiger partial charge in [0.25, 0.3) is 5.56 Å². The van der Waals surface area contributed by atoms with Crippen LogP contribution in [0, 0.1) is 0 Å². The predicted molar refractivity (Wildman–Crippen MR) is 82.4 cm³/mol. The fourth-order valence-electron chi connectivity index (χ4n) is 1.86. The van der Waals surface area contributed by atoms with Crippen molar-refractivity contribution in [3.8, 4) is 0 Å². The molecule has 0 aromatic carbocycles. The first-order valence-electron chi connectivity index (χ1n) is 6.56. The van der Waals surface area contributed by atoms with Crippen LogP contribution in [0.15, 0.2) is 21.8 Å². The average Bonchev–Trinajstić information content (AvgIpc) is 2.37. The maximum atomic E-state index is 11.7. The van der Waals surface area contributed by atoms with E-state index in [0.29, 0.717) is 4.47 Å². The predicted octanol–water partition coefficient (Wildman–Crippen LogP) is 3.67. The molecule has 1 rings (SSSR count). The molecule has 0 aliphatic heterocycles. The molecule has 0 aliphatic rings. The van der Waals surface area contributed by atoms with E-state index in [1.165, 1.54) is 38.5 Å². The Kier molecular flexibility index (Phi) is 8.42. The zero-order valence-corrected chi connectivity index (χ0v) is 13.1. The number of rotatable bonds is 9. The van der Waals surface area contributed by atoms with Crippen molar-refractivity contribution in [2.24, 2.45) is 0 Å². The molecule has 0 N–H and O–H groups in total. The Balaban J connectivity index is 2.11. The van der Waals surface area contributed by atoms with Crippen LogP contribution in [0.3, 0.4) is 0 Å². The lowest BCUT2D eigenvalue weighted by Gasteiger charge is -2.05. The Morgan fingerprint density at radius 2 is 1.72 bits per heavy atom. The molecule has 0 unspecified atom stereocenters. The van der Waals surface area contributed by atoms with Crippen LogP contribution in [0.1, 0.15) is 44.9 Å². The van der Waals surface area contributed by atoms with Gasteiger partial charge in [-0.1, -0.05) is 32.1 Å². The van der Waals surface area contributed by atoms with E-state index in [1.807, 2.05) is 0 Å². The lowest BCUT2D eigenvalue weighted by molar-refractivity contribution is 0.538. The van der Waals surface area contributed by atoms with Crippen molar-refractivity contribution in [3.63, 3.8) is 0 Å². The third-order valence-electron chi connectivity index (χ3n) is 2.92. The minimum absolute atomic E-state index is 0.0128. The first-order valence-corrected chi connectivity index (χ1v) is 7.99. The molecule has 1 aromatic heterocycles. The van der Waals surface area contributed by atoms with E-state index in [0.717, 1.165) is 18.7 Å². The molecule has 3 nitrogen and oxygen atoms in total. The minimum atomic E-state index is 0.0128. The first kappa shape index (κ1) is 15.8. The Hall–Kier alpha value is -0.290. The van der Waals surface area contributed by atoms with Crippen molar-refractivity contribution >= 4 is 28.6 Å². The Labute approximate surface area is 123 Å². The molecule has 0 amide bonds.